The van der Waals surface area contributed by atoms with Crippen molar-refractivity contribution in [3.63, 3.8) is 0 Å². The highest BCUT2D eigenvalue weighted by atomic mass is 32.1. The molecule has 6 heterocycles. The zero-order valence-electron chi connectivity index (χ0n) is 27.7. The van der Waals surface area contributed by atoms with Crippen LogP contribution in [0, 0.1) is 0 Å². The molecular formula is C43H26N4O4S2. The molecule has 0 saturated carbocycles. The van der Waals surface area contributed by atoms with Crippen molar-refractivity contribution in [3.8, 4) is 11.5 Å². The number of benzene rings is 4. The summed E-state index contributed by atoms with van der Waals surface area (Å²) in [5.41, 5.74) is 8.89. The quantitative estimate of drug-likeness (QED) is 0.173. The smallest absolute Gasteiger partial charge is 0.184 e. The summed E-state index contributed by atoms with van der Waals surface area (Å²) in [5, 5.41) is 13.0. The normalized spacial score (nSPS) is 19.2. The molecule has 1 aliphatic carbocycles. The Balaban J connectivity index is 1.25. The molecule has 3 aliphatic heterocycles. The van der Waals surface area contributed by atoms with Crippen molar-refractivity contribution in [2.45, 2.75) is 18.1 Å². The van der Waals surface area contributed by atoms with E-state index in [1.54, 1.807) is 12.5 Å². The average Bonchev–Trinajstić information content (AvgIpc) is 4.01. The molecule has 2 unspecified atom stereocenters. The second-order valence-corrected chi connectivity index (χ2v) is 14.5. The van der Waals surface area contributed by atoms with Crippen LogP contribution in [0.2, 0.25) is 0 Å². The van der Waals surface area contributed by atoms with E-state index in [1.165, 1.54) is 23.1 Å². The topological polar surface area (TPSA) is 92.4 Å². The molecule has 0 bridgehead atoms. The monoisotopic (exact) mass is 726 g/mol. The maximum Gasteiger partial charge on any atom is 0.184 e. The van der Waals surface area contributed by atoms with Crippen LogP contribution in [0.15, 0.2) is 161 Å². The molecule has 3 aromatic heterocycles. The highest BCUT2D eigenvalue weighted by molar-refractivity contribution is 7.13. The Morgan fingerprint density at radius 1 is 0.774 bits per heavy atom. The lowest BCUT2D eigenvalue weighted by molar-refractivity contribution is 0.0964. The molecule has 0 radical (unpaired) electrons. The van der Waals surface area contributed by atoms with Crippen molar-refractivity contribution >= 4 is 60.8 Å². The van der Waals surface area contributed by atoms with Gasteiger partial charge in [0.1, 0.15) is 40.3 Å². The average molecular weight is 727 g/mol. The minimum absolute atomic E-state index is 0.222. The van der Waals surface area contributed by atoms with Crippen LogP contribution in [-0.4, -0.2) is 31.4 Å². The van der Waals surface area contributed by atoms with Crippen molar-refractivity contribution in [2.24, 2.45) is 0 Å². The van der Waals surface area contributed by atoms with Crippen LogP contribution in [0.5, 0.6) is 11.5 Å². The number of hydrogen-bond acceptors (Lipinski definition) is 10. The van der Waals surface area contributed by atoms with E-state index >= 15 is 0 Å². The van der Waals surface area contributed by atoms with Crippen LogP contribution in [-0.2, 0) is 9.47 Å². The maximum atomic E-state index is 7.20. The van der Waals surface area contributed by atoms with Gasteiger partial charge in [-0.25, -0.2) is 0 Å². The van der Waals surface area contributed by atoms with Crippen molar-refractivity contribution < 1.29 is 18.6 Å². The van der Waals surface area contributed by atoms with Crippen molar-refractivity contribution in [2.75, 3.05) is 0 Å². The van der Waals surface area contributed by atoms with Crippen LogP contribution in [0.1, 0.15) is 34.1 Å². The fourth-order valence-electron chi connectivity index (χ4n) is 7.85. The third kappa shape index (κ3) is 4.79. The molecule has 0 N–H and O–H groups in total. The first-order valence-corrected chi connectivity index (χ1v) is 18.8. The molecule has 0 amide bonds. The summed E-state index contributed by atoms with van der Waals surface area (Å²) >= 11 is 2.65. The summed E-state index contributed by atoms with van der Waals surface area (Å²) < 4.78 is 36.9. The number of fused-ring (bicyclic) bond motifs is 5. The first-order chi connectivity index (χ1) is 26.3. The number of para-hydroxylation sites is 2. The van der Waals surface area contributed by atoms with Gasteiger partial charge in [0.15, 0.2) is 6.10 Å². The molecular weight excluding hydrogens is 701 g/mol. The number of aromatic nitrogens is 4. The molecule has 0 fully saturated rings. The van der Waals surface area contributed by atoms with Gasteiger partial charge in [-0.3, -0.25) is 0 Å². The standard InChI is InChI=1S/C43H26N4O4S2/c1-3-12-26-25(11-1)21-48-41(26)39-38(29-15-9-19-36-40(29)45-47-53-36)31(32-23-52-46-44-32)22-49-43(39)42-30(20-24-10-2-6-16-33(24)51-42)37-27-13-4-7-17-34(27)50-35-18-8-5-14-28(35)37/h1-23,33,37,43H. The summed E-state index contributed by atoms with van der Waals surface area (Å²) in [6, 6.07) is 30.8. The second-order valence-electron chi connectivity index (χ2n) is 13.1. The highest BCUT2D eigenvalue weighted by Gasteiger charge is 2.42. The Morgan fingerprint density at radius 2 is 1.60 bits per heavy atom. The van der Waals surface area contributed by atoms with E-state index in [-0.39, 0.29) is 12.0 Å². The number of rotatable bonds is 5. The van der Waals surface area contributed by atoms with E-state index in [2.05, 4.69) is 85.9 Å². The van der Waals surface area contributed by atoms with E-state index in [0.717, 1.165) is 77.0 Å². The molecule has 2 atom stereocenters. The summed E-state index contributed by atoms with van der Waals surface area (Å²) in [4.78, 5) is 0. The van der Waals surface area contributed by atoms with Crippen LogP contribution < -0.4 is 4.74 Å². The second kappa shape index (κ2) is 12.1. The van der Waals surface area contributed by atoms with Gasteiger partial charge < -0.3 is 18.6 Å². The molecule has 0 saturated heterocycles. The predicted molar refractivity (Wildman–Crippen MR) is 206 cm³/mol. The van der Waals surface area contributed by atoms with E-state index in [9.17, 15) is 0 Å². The molecule has 53 heavy (non-hydrogen) atoms. The van der Waals surface area contributed by atoms with Crippen LogP contribution in [0.3, 0.4) is 0 Å². The molecule has 254 valence electrons. The minimum Gasteiger partial charge on any atom is -0.484 e. The number of furan rings is 1. The molecule has 4 aromatic carbocycles. The van der Waals surface area contributed by atoms with Crippen molar-refractivity contribution in [3.05, 3.63) is 184 Å². The third-order valence-corrected chi connectivity index (χ3v) is 11.4. The Morgan fingerprint density at radius 3 is 2.45 bits per heavy atom. The van der Waals surface area contributed by atoms with Gasteiger partial charge in [-0.15, -0.1) is 10.2 Å². The third-order valence-electron chi connectivity index (χ3n) is 10.2. The molecule has 8 nitrogen and oxygen atoms in total. The summed E-state index contributed by atoms with van der Waals surface area (Å²) in [6.07, 6.45) is 13.1. The predicted octanol–water partition coefficient (Wildman–Crippen LogP) is 10.3. The lowest BCUT2D eigenvalue weighted by Gasteiger charge is -2.38. The Bertz CT molecular complexity index is 2760. The summed E-state index contributed by atoms with van der Waals surface area (Å²) in [7, 11) is 0. The largest absolute Gasteiger partial charge is 0.484 e. The van der Waals surface area contributed by atoms with E-state index in [4.69, 9.17) is 18.6 Å². The maximum absolute atomic E-state index is 7.20. The summed E-state index contributed by atoms with van der Waals surface area (Å²) in [6.45, 7) is 0. The van der Waals surface area contributed by atoms with Gasteiger partial charge >= 0.3 is 0 Å². The first-order valence-electron chi connectivity index (χ1n) is 17.2. The first kappa shape index (κ1) is 30.3. The molecule has 10 heteroatoms. The number of hydrogen-bond donors (Lipinski definition) is 0. The Kier molecular flexibility index (Phi) is 6.92. The molecule has 4 aliphatic rings. The number of allylic oxidation sites excluding steroid dienone is 6. The zero-order chi connectivity index (χ0) is 34.9. The van der Waals surface area contributed by atoms with Gasteiger partial charge in [0.25, 0.3) is 0 Å². The number of ether oxygens (including phenoxy) is 3. The summed E-state index contributed by atoms with van der Waals surface area (Å²) in [5.74, 6) is 2.74. The number of nitrogens with zero attached hydrogens (tertiary/aromatic N) is 4. The van der Waals surface area contributed by atoms with Gasteiger partial charge in [-0.1, -0.05) is 100 Å². The lowest BCUT2D eigenvalue weighted by atomic mass is 9.77. The fraction of sp³-hybridized carbons (Fsp3) is 0.0698. The van der Waals surface area contributed by atoms with Gasteiger partial charge in [-0.05, 0) is 59.0 Å². The molecule has 0 spiro atoms. The Hall–Kier alpha value is -6.36. The van der Waals surface area contributed by atoms with Crippen molar-refractivity contribution in [1.29, 1.82) is 0 Å². The van der Waals surface area contributed by atoms with Gasteiger partial charge in [-0.2, -0.15) is 0 Å². The van der Waals surface area contributed by atoms with E-state index in [0.29, 0.717) is 17.2 Å². The van der Waals surface area contributed by atoms with Crippen molar-refractivity contribution in [1.82, 2.24) is 19.2 Å². The van der Waals surface area contributed by atoms with E-state index < -0.39 is 6.10 Å². The highest BCUT2D eigenvalue weighted by Crippen LogP contribution is 2.54. The minimum atomic E-state index is -0.744. The van der Waals surface area contributed by atoms with Crippen LogP contribution in [0.25, 0.3) is 37.7 Å². The van der Waals surface area contributed by atoms with E-state index in [1.807, 2.05) is 60.0 Å². The van der Waals surface area contributed by atoms with Gasteiger partial charge in [0.2, 0.25) is 0 Å². The molecule has 7 aromatic rings. The SMILES string of the molecule is C1=CC2=CC(C3c4ccccc4Oc4ccccc43)=C(C3OC=C(c4csnn4)C(c4cccc5snnc45)=C3c3occ4ccccc34)OC2C=C1. The van der Waals surface area contributed by atoms with Gasteiger partial charge in [0.05, 0.1) is 22.8 Å². The zero-order valence-corrected chi connectivity index (χ0v) is 29.4. The fourth-order valence-corrected chi connectivity index (χ4v) is 8.89. The molecule has 11 rings (SSSR count). The van der Waals surface area contributed by atoms with Crippen LogP contribution in [0.4, 0.5) is 0 Å². The van der Waals surface area contributed by atoms with Crippen LogP contribution >= 0.6 is 23.1 Å². The van der Waals surface area contributed by atoms with Gasteiger partial charge in [0, 0.05) is 55.5 Å². The lowest BCUT2D eigenvalue weighted by Crippen LogP contribution is -2.31. The Labute approximate surface area is 311 Å².